The molecule has 1 N–H and O–H groups in total. The van der Waals surface area contributed by atoms with Gasteiger partial charge in [0, 0.05) is 12.6 Å². The summed E-state index contributed by atoms with van der Waals surface area (Å²) < 4.78 is 5.70. The molecule has 1 aliphatic rings. The molecule has 0 saturated carbocycles. The summed E-state index contributed by atoms with van der Waals surface area (Å²) in [5, 5.41) is 3.74. The minimum Gasteiger partial charge on any atom is -0.378 e. The summed E-state index contributed by atoms with van der Waals surface area (Å²) in [6, 6.07) is 0.714. The van der Waals surface area contributed by atoms with Gasteiger partial charge >= 0.3 is 0 Å². The van der Waals surface area contributed by atoms with Crippen molar-refractivity contribution in [3.8, 4) is 0 Å². The van der Waals surface area contributed by atoms with Gasteiger partial charge in [0.05, 0.1) is 6.10 Å². The van der Waals surface area contributed by atoms with Crippen LogP contribution in [0.3, 0.4) is 0 Å². The van der Waals surface area contributed by atoms with E-state index >= 15 is 0 Å². The van der Waals surface area contributed by atoms with Gasteiger partial charge in [-0.1, -0.05) is 27.2 Å². The molecule has 0 aliphatic carbocycles. The van der Waals surface area contributed by atoms with Gasteiger partial charge in [0.2, 0.25) is 0 Å². The molecule has 0 radical (unpaired) electrons. The molecule has 0 aromatic heterocycles. The highest BCUT2D eigenvalue weighted by molar-refractivity contribution is 4.74. The Bertz CT molecular complexity index is 190. The van der Waals surface area contributed by atoms with Gasteiger partial charge in [-0.3, -0.25) is 0 Å². The highest BCUT2D eigenvalue weighted by Gasteiger charge is 2.18. The number of hydrogen-bond donors (Lipinski definition) is 1. The quantitative estimate of drug-likeness (QED) is 0.633. The van der Waals surface area contributed by atoms with Crippen molar-refractivity contribution in [3.05, 3.63) is 0 Å². The average molecular weight is 255 g/mol. The van der Waals surface area contributed by atoms with E-state index in [1.807, 2.05) is 0 Å². The first-order chi connectivity index (χ1) is 8.77. The van der Waals surface area contributed by atoms with E-state index in [9.17, 15) is 0 Å². The van der Waals surface area contributed by atoms with Crippen molar-refractivity contribution in [1.82, 2.24) is 5.32 Å². The number of nitrogens with one attached hydrogen (secondary N) is 1. The molecule has 1 saturated heterocycles. The van der Waals surface area contributed by atoms with Crippen molar-refractivity contribution >= 4 is 0 Å². The zero-order valence-corrected chi connectivity index (χ0v) is 12.7. The van der Waals surface area contributed by atoms with Crippen molar-refractivity contribution in [1.29, 1.82) is 0 Å². The Labute approximate surface area is 114 Å². The molecule has 108 valence electrons. The van der Waals surface area contributed by atoms with Crippen molar-refractivity contribution in [2.45, 2.75) is 84.3 Å². The lowest BCUT2D eigenvalue weighted by atomic mass is 9.92. The molecule has 1 fully saturated rings. The lowest BCUT2D eigenvalue weighted by Gasteiger charge is -2.25. The second kappa shape index (κ2) is 9.80. The lowest BCUT2D eigenvalue weighted by Crippen LogP contribution is -2.35. The third-order valence-corrected chi connectivity index (χ3v) is 4.15. The fourth-order valence-electron chi connectivity index (χ4n) is 3.01. The number of ether oxygens (including phenoxy) is 1. The molecule has 3 atom stereocenters. The largest absolute Gasteiger partial charge is 0.378 e. The molecular weight excluding hydrogens is 222 g/mol. The monoisotopic (exact) mass is 255 g/mol. The van der Waals surface area contributed by atoms with Gasteiger partial charge in [0.15, 0.2) is 0 Å². The van der Waals surface area contributed by atoms with E-state index in [4.69, 9.17) is 4.74 Å². The highest BCUT2D eigenvalue weighted by atomic mass is 16.5. The first-order valence-corrected chi connectivity index (χ1v) is 8.12. The van der Waals surface area contributed by atoms with E-state index < -0.39 is 0 Å². The summed E-state index contributed by atoms with van der Waals surface area (Å²) in [5.41, 5.74) is 0. The molecular formula is C16H33NO. The van der Waals surface area contributed by atoms with Crippen molar-refractivity contribution in [2.75, 3.05) is 13.2 Å². The molecule has 2 nitrogen and oxygen atoms in total. The van der Waals surface area contributed by atoms with Crippen LogP contribution in [0.2, 0.25) is 0 Å². The van der Waals surface area contributed by atoms with E-state index in [1.54, 1.807) is 0 Å². The number of rotatable bonds is 10. The zero-order chi connectivity index (χ0) is 13.2. The topological polar surface area (TPSA) is 21.3 Å². The van der Waals surface area contributed by atoms with E-state index in [0.717, 1.165) is 12.5 Å². The molecule has 2 heteroatoms. The van der Waals surface area contributed by atoms with E-state index in [1.165, 1.54) is 57.9 Å². The SMILES string of the molecule is CCCNC(CCCC1CCCO1)C(C)CCC. The summed E-state index contributed by atoms with van der Waals surface area (Å²) in [6.45, 7) is 9.11. The van der Waals surface area contributed by atoms with Gasteiger partial charge in [-0.15, -0.1) is 0 Å². The van der Waals surface area contributed by atoms with Crippen LogP contribution >= 0.6 is 0 Å². The van der Waals surface area contributed by atoms with Crippen molar-refractivity contribution in [2.24, 2.45) is 5.92 Å². The molecule has 18 heavy (non-hydrogen) atoms. The molecule has 0 bridgehead atoms. The predicted octanol–water partition coefficient (Wildman–Crippen LogP) is 4.14. The maximum Gasteiger partial charge on any atom is 0.0576 e. The Morgan fingerprint density at radius 2 is 2.06 bits per heavy atom. The van der Waals surface area contributed by atoms with Crippen LogP contribution in [0.5, 0.6) is 0 Å². The maximum absolute atomic E-state index is 5.70. The van der Waals surface area contributed by atoms with Crippen LogP contribution in [-0.2, 0) is 4.74 Å². The Morgan fingerprint density at radius 3 is 2.67 bits per heavy atom. The Balaban J connectivity index is 2.20. The molecule has 0 aromatic carbocycles. The average Bonchev–Trinajstić information content (AvgIpc) is 2.86. The summed E-state index contributed by atoms with van der Waals surface area (Å²) in [6.07, 6.45) is 10.9. The van der Waals surface area contributed by atoms with Crippen LogP contribution in [0.15, 0.2) is 0 Å². The molecule has 1 heterocycles. The Hall–Kier alpha value is -0.0800. The second-order valence-corrected chi connectivity index (χ2v) is 5.89. The van der Waals surface area contributed by atoms with Gasteiger partial charge in [-0.2, -0.15) is 0 Å². The lowest BCUT2D eigenvalue weighted by molar-refractivity contribution is 0.100. The molecule has 1 rings (SSSR count). The van der Waals surface area contributed by atoms with Gasteiger partial charge in [0.1, 0.15) is 0 Å². The smallest absolute Gasteiger partial charge is 0.0576 e. The Morgan fingerprint density at radius 1 is 1.22 bits per heavy atom. The zero-order valence-electron chi connectivity index (χ0n) is 12.7. The summed E-state index contributed by atoms with van der Waals surface area (Å²) >= 11 is 0. The highest BCUT2D eigenvalue weighted by Crippen LogP contribution is 2.21. The van der Waals surface area contributed by atoms with Crippen LogP contribution < -0.4 is 5.32 Å². The Kier molecular flexibility index (Phi) is 8.70. The molecule has 3 unspecified atom stereocenters. The van der Waals surface area contributed by atoms with Crippen LogP contribution in [0.1, 0.15) is 72.1 Å². The van der Waals surface area contributed by atoms with E-state index in [-0.39, 0.29) is 0 Å². The normalized spacial score (nSPS) is 23.2. The van der Waals surface area contributed by atoms with E-state index in [2.05, 4.69) is 26.1 Å². The predicted molar refractivity (Wildman–Crippen MR) is 79.0 cm³/mol. The fraction of sp³-hybridized carbons (Fsp3) is 1.00. The summed E-state index contributed by atoms with van der Waals surface area (Å²) in [5.74, 6) is 0.811. The first kappa shape index (κ1) is 16.0. The first-order valence-electron chi connectivity index (χ1n) is 8.12. The molecule has 0 spiro atoms. The second-order valence-electron chi connectivity index (χ2n) is 5.89. The van der Waals surface area contributed by atoms with Crippen LogP contribution in [0, 0.1) is 5.92 Å². The standard InChI is InChI=1S/C16H33NO/c1-4-8-14(3)16(17-12-5-2)11-6-9-15-10-7-13-18-15/h14-17H,4-13H2,1-3H3. The van der Waals surface area contributed by atoms with Crippen molar-refractivity contribution < 1.29 is 4.74 Å². The minimum atomic E-state index is 0.568. The number of hydrogen-bond acceptors (Lipinski definition) is 2. The van der Waals surface area contributed by atoms with Crippen LogP contribution in [0.4, 0.5) is 0 Å². The summed E-state index contributed by atoms with van der Waals surface area (Å²) in [7, 11) is 0. The van der Waals surface area contributed by atoms with Gasteiger partial charge in [0.25, 0.3) is 0 Å². The van der Waals surface area contributed by atoms with Crippen LogP contribution in [0.25, 0.3) is 0 Å². The van der Waals surface area contributed by atoms with Gasteiger partial charge in [-0.25, -0.2) is 0 Å². The van der Waals surface area contributed by atoms with Crippen molar-refractivity contribution in [3.63, 3.8) is 0 Å². The molecule has 0 aromatic rings. The maximum atomic E-state index is 5.70. The third-order valence-electron chi connectivity index (χ3n) is 4.15. The van der Waals surface area contributed by atoms with Gasteiger partial charge in [-0.05, 0) is 57.4 Å². The van der Waals surface area contributed by atoms with E-state index in [0.29, 0.717) is 12.1 Å². The van der Waals surface area contributed by atoms with Gasteiger partial charge < -0.3 is 10.1 Å². The molecule has 1 aliphatic heterocycles. The fourth-order valence-corrected chi connectivity index (χ4v) is 3.01. The summed E-state index contributed by atoms with van der Waals surface area (Å²) in [4.78, 5) is 0. The third kappa shape index (κ3) is 6.19. The molecule has 0 amide bonds. The minimum absolute atomic E-state index is 0.568. The van der Waals surface area contributed by atoms with Crippen LogP contribution in [-0.4, -0.2) is 25.3 Å².